The van der Waals surface area contributed by atoms with Crippen LogP contribution in [0.4, 0.5) is 0 Å². The molecule has 0 unspecified atom stereocenters. The third-order valence-electron chi connectivity index (χ3n) is 3.83. The van der Waals surface area contributed by atoms with Gasteiger partial charge >= 0.3 is 0 Å². The quantitative estimate of drug-likeness (QED) is 0.841. The van der Waals surface area contributed by atoms with Crippen LogP contribution < -0.4 is 0 Å². The number of likely N-dealkylation sites (tertiary alicyclic amines) is 1. The maximum Gasteiger partial charge on any atom is 0.223 e. The van der Waals surface area contributed by atoms with E-state index >= 15 is 0 Å². The summed E-state index contributed by atoms with van der Waals surface area (Å²) in [5.41, 5.74) is -0.283. The number of rotatable bonds is 3. The molecular formula is C15H21NO3. The Morgan fingerprint density at radius 1 is 1.42 bits per heavy atom. The minimum atomic E-state index is -0.283. The second-order valence-corrected chi connectivity index (χ2v) is 5.88. The summed E-state index contributed by atoms with van der Waals surface area (Å²) in [5, 5.41) is 0. The smallest absolute Gasteiger partial charge is 0.223 e. The summed E-state index contributed by atoms with van der Waals surface area (Å²) in [4.78, 5) is 25.6. The molecule has 0 N–H and O–H groups in total. The molecule has 0 bridgehead atoms. The lowest BCUT2D eigenvalue weighted by molar-refractivity contribution is -0.142. The summed E-state index contributed by atoms with van der Waals surface area (Å²) in [6.07, 6.45) is 1.75. The molecule has 1 fully saturated rings. The standard InChI is InChI=1S/C15H21NO3/c1-11-4-5-12(19-11)6-7-14(18)16-9-8-15(2,3)13(17)10-16/h4-5H,6-10H2,1-3H3. The van der Waals surface area contributed by atoms with Crippen LogP contribution in [0.5, 0.6) is 0 Å². The molecular weight excluding hydrogens is 242 g/mol. The van der Waals surface area contributed by atoms with Gasteiger partial charge in [0.05, 0.1) is 6.54 Å². The third kappa shape index (κ3) is 3.25. The van der Waals surface area contributed by atoms with Gasteiger partial charge in [0.25, 0.3) is 0 Å². The Morgan fingerprint density at radius 3 is 2.74 bits per heavy atom. The topological polar surface area (TPSA) is 50.5 Å². The van der Waals surface area contributed by atoms with E-state index in [0.29, 0.717) is 19.4 Å². The Kier molecular flexibility index (Phi) is 3.78. The molecule has 4 nitrogen and oxygen atoms in total. The Morgan fingerprint density at radius 2 is 2.16 bits per heavy atom. The average molecular weight is 263 g/mol. The van der Waals surface area contributed by atoms with Gasteiger partial charge in [0, 0.05) is 24.8 Å². The average Bonchev–Trinajstić information content (AvgIpc) is 2.76. The fourth-order valence-electron chi connectivity index (χ4n) is 2.24. The lowest BCUT2D eigenvalue weighted by Gasteiger charge is -2.35. The molecule has 1 saturated heterocycles. The summed E-state index contributed by atoms with van der Waals surface area (Å²) in [5.74, 6) is 1.88. The molecule has 1 aliphatic heterocycles. The van der Waals surface area contributed by atoms with Crippen LogP contribution in [-0.2, 0) is 16.0 Å². The summed E-state index contributed by atoms with van der Waals surface area (Å²) in [7, 11) is 0. The fourth-order valence-corrected chi connectivity index (χ4v) is 2.24. The van der Waals surface area contributed by atoms with Crippen molar-refractivity contribution in [2.75, 3.05) is 13.1 Å². The number of hydrogen-bond donors (Lipinski definition) is 0. The van der Waals surface area contributed by atoms with E-state index in [2.05, 4.69) is 0 Å². The molecule has 0 aliphatic carbocycles. The van der Waals surface area contributed by atoms with Crippen molar-refractivity contribution in [2.45, 2.75) is 40.0 Å². The molecule has 1 amide bonds. The number of carbonyl (C=O) groups is 2. The van der Waals surface area contributed by atoms with Crippen LogP contribution in [0.2, 0.25) is 0 Å². The molecule has 1 aromatic rings. The highest BCUT2D eigenvalue weighted by Crippen LogP contribution is 2.27. The van der Waals surface area contributed by atoms with E-state index < -0.39 is 0 Å². The molecule has 104 valence electrons. The van der Waals surface area contributed by atoms with Crippen LogP contribution in [0.3, 0.4) is 0 Å². The van der Waals surface area contributed by atoms with Crippen LogP contribution >= 0.6 is 0 Å². The van der Waals surface area contributed by atoms with Crippen molar-refractivity contribution in [3.05, 3.63) is 23.7 Å². The van der Waals surface area contributed by atoms with Gasteiger partial charge in [0.15, 0.2) is 5.78 Å². The Balaban J connectivity index is 1.86. The number of carbonyl (C=O) groups excluding carboxylic acids is 2. The molecule has 19 heavy (non-hydrogen) atoms. The highest BCUT2D eigenvalue weighted by Gasteiger charge is 2.35. The maximum absolute atomic E-state index is 12.1. The van der Waals surface area contributed by atoms with Crippen LogP contribution in [0.1, 0.15) is 38.2 Å². The van der Waals surface area contributed by atoms with Crippen molar-refractivity contribution in [1.29, 1.82) is 0 Å². The summed E-state index contributed by atoms with van der Waals surface area (Å²) in [6.45, 7) is 6.71. The van der Waals surface area contributed by atoms with Crippen LogP contribution in [0.15, 0.2) is 16.5 Å². The van der Waals surface area contributed by atoms with E-state index in [9.17, 15) is 9.59 Å². The number of amides is 1. The first-order valence-electron chi connectivity index (χ1n) is 6.75. The van der Waals surface area contributed by atoms with Gasteiger partial charge < -0.3 is 9.32 Å². The number of nitrogens with zero attached hydrogens (tertiary/aromatic N) is 1. The SMILES string of the molecule is Cc1ccc(CCC(=O)N2CCC(C)(C)C(=O)C2)o1. The van der Waals surface area contributed by atoms with Crippen LogP contribution in [0.25, 0.3) is 0 Å². The van der Waals surface area contributed by atoms with Gasteiger partial charge in [-0.3, -0.25) is 9.59 Å². The zero-order chi connectivity index (χ0) is 14.0. The monoisotopic (exact) mass is 263 g/mol. The maximum atomic E-state index is 12.1. The van der Waals surface area contributed by atoms with Crippen molar-refractivity contribution in [2.24, 2.45) is 5.41 Å². The van der Waals surface area contributed by atoms with Gasteiger partial charge in [-0.2, -0.15) is 0 Å². The number of furan rings is 1. The van der Waals surface area contributed by atoms with Crippen molar-refractivity contribution >= 4 is 11.7 Å². The second-order valence-electron chi connectivity index (χ2n) is 5.88. The van der Waals surface area contributed by atoms with E-state index in [-0.39, 0.29) is 23.7 Å². The number of aryl methyl sites for hydroxylation is 2. The fraction of sp³-hybridized carbons (Fsp3) is 0.600. The summed E-state index contributed by atoms with van der Waals surface area (Å²) < 4.78 is 5.44. The molecule has 2 rings (SSSR count). The first-order valence-corrected chi connectivity index (χ1v) is 6.75. The Bertz CT molecular complexity index is 487. The van der Waals surface area contributed by atoms with E-state index in [0.717, 1.165) is 17.9 Å². The highest BCUT2D eigenvalue weighted by molar-refractivity contribution is 5.90. The molecule has 1 aromatic heterocycles. The zero-order valence-electron chi connectivity index (χ0n) is 11.9. The summed E-state index contributed by atoms with van der Waals surface area (Å²) >= 11 is 0. The predicted molar refractivity (Wildman–Crippen MR) is 71.8 cm³/mol. The lowest BCUT2D eigenvalue weighted by Crippen LogP contribution is -2.47. The van der Waals surface area contributed by atoms with Gasteiger partial charge in [0.2, 0.25) is 5.91 Å². The normalized spacial score (nSPS) is 18.7. The number of piperidine rings is 1. The summed E-state index contributed by atoms with van der Waals surface area (Å²) in [6, 6.07) is 3.79. The second kappa shape index (κ2) is 5.19. The molecule has 0 atom stereocenters. The Labute approximate surface area is 113 Å². The van der Waals surface area contributed by atoms with Crippen molar-refractivity contribution < 1.29 is 14.0 Å². The largest absolute Gasteiger partial charge is 0.466 e. The van der Waals surface area contributed by atoms with Gasteiger partial charge in [0.1, 0.15) is 11.5 Å². The van der Waals surface area contributed by atoms with Gasteiger partial charge in [-0.25, -0.2) is 0 Å². The van der Waals surface area contributed by atoms with Gasteiger partial charge in [-0.15, -0.1) is 0 Å². The van der Waals surface area contributed by atoms with Crippen molar-refractivity contribution in [3.8, 4) is 0 Å². The van der Waals surface area contributed by atoms with Crippen LogP contribution in [-0.4, -0.2) is 29.7 Å². The molecule has 2 heterocycles. The minimum Gasteiger partial charge on any atom is -0.466 e. The van der Waals surface area contributed by atoms with Gasteiger partial charge in [-0.1, -0.05) is 13.8 Å². The molecule has 0 spiro atoms. The molecule has 0 saturated carbocycles. The minimum absolute atomic E-state index is 0.0397. The zero-order valence-corrected chi connectivity index (χ0v) is 11.9. The van der Waals surface area contributed by atoms with Crippen LogP contribution in [0, 0.1) is 12.3 Å². The third-order valence-corrected chi connectivity index (χ3v) is 3.83. The molecule has 4 heteroatoms. The van der Waals surface area contributed by atoms with Crippen molar-refractivity contribution in [1.82, 2.24) is 4.90 Å². The first kappa shape index (κ1) is 13.8. The van der Waals surface area contributed by atoms with E-state index in [1.54, 1.807) is 4.90 Å². The van der Waals surface area contributed by atoms with E-state index in [4.69, 9.17) is 4.42 Å². The van der Waals surface area contributed by atoms with Crippen molar-refractivity contribution in [3.63, 3.8) is 0 Å². The van der Waals surface area contributed by atoms with E-state index in [1.807, 2.05) is 32.9 Å². The molecule has 1 aliphatic rings. The number of Topliss-reactive ketones (excluding diaryl/α,β-unsaturated/α-hetero) is 1. The van der Waals surface area contributed by atoms with Gasteiger partial charge in [-0.05, 0) is 25.5 Å². The number of ketones is 1. The number of hydrogen-bond acceptors (Lipinski definition) is 3. The molecule has 0 radical (unpaired) electrons. The lowest BCUT2D eigenvalue weighted by atomic mass is 9.81. The first-order chi connectivity index (χ1) is 8.88. The van der Waals surface area contributed by atoms with E-state index in [1.165, 1.54) is 0 Å². The Hall–Kier alpha value is -1.58. The predicted octanol–water partition coefficient (Wildman–Crippen LogP) is 2.35. The highest BCUT2D eigenvalue weighted by atomic mass is 16.3. The molecule has 0 aromatic carbocycles.